The van der Waals surface area contributed by atoms with E-state index < -0.39 is 29.6 Å². The molecule has 2 saturated carbocycles. The molecule has 0 radical (unpaired) electrons. The average molecular weight is 506 g/mol. The summed E-state index contributed by atoms with van der Waals surface area (Å²) in [5, 5.41) is 2.28. The topological polar surface area (TPSA) is 95.5 Å². The van der Waals surface area contributed by atoms with Crippen molar-refractivity contribution in [2.24, 2.45) is 29.6 Å². The average Bonchev–Trinajstić information content (AvgIpc) is 3.25. The van der Waals surface area contributed by atoms with Gasteiger partial charge in [-0.3, -0.25) is 14.4 Å². The number of esters is 3. The summed E-state index contributed by atoms with van der Waals surface area (Å²) < 4.78 is 16.9. The van der Waals surface area contributed by atoms with Crippen LogP contribution in [0, 0.1) is 29.6 Å². The number of quaternary nitrogens is 1. The lowest BCUT2D eigenvalue weighted by atomic mass is 9.78. The number of hydrogen-bond donors (Lipinski definition) is 1. The van der Waals surface area contributed by atoms with Gasteiger partial charge in [0.1, 0.15) is 21.7 Å². The number of fused-ring (bicyclic) bond motifs is 1. The van der Waals surface area contributed by atoms with Crippen LogP contribution in [-0.2, 0) is 28.6 Å². The molecule has 28 heavy (non-hydrogen) atoms. The predicted molar refractivity (Wildman–Crippen MR) is 106 cm³/mol. The van der Waals surface area contributed by atoms with Crippen molar-refractivity contribution in [3.63, 3.8) is 0 Å². The van der Waals surface area contributed by atoms with Gasteiger partial charge in [-0.2, -0.15) is 0 Å². The van der Waals surface area contributed by atoms with Crippen LogP contribution in [0.5, 0.6) is 0 Å². The Morgan fingerprint density at radius 1 is 1.25 bits per heavy atom. The Bertz CT molecular complexity index is 674. The highest BCUT2D eigenvalue weighted by Gasteiger charge is 2.70. The van der Waals surface area contributed by atoms with Gasteiger partial charge in [-0.15, -0.1) is 0 Å². The Hall–Kier alpha value is -0.900. The van der Waals surface area contributed by atoms with Gasteiger partial charge in [-0.25, -0.2) is 0 Å². The molecule has 2 saturated heterocycles. The SMILES string of the molecule is CC(I)C(=O)OC1C2CC3C1OC(=O)C3C2C(=O)OC(C)(C)C1CC[NH2+]CC1. The molecular weight excluding hydrogens is 477 g/mol. The monoisotopic (exact) mass is 506 g/mol. The molecule has 156 valence electrons. The summed E-state index contributed by atoms with van der Waals surface area (Å²) in [6, 6.07) is 0. The first kappa shape index (κ1) is 20.4. The fraction of sp³-hybridized carbons (Fsp3) is 0.850. The van der Waals surface area contributed by atoms with Crippen LogP contribution in [0.3, 0.4) is 0 Å². The van der Waals surface area contributed by atoms with Crippen LogP contribution in [0.4, 0.5) is 0 Å². The standard InChI is InChI=1S/C20H28INO6/c1-9(21)17(23)26-15-12-8-11-13(18(24)27-16(11)15)14(12)19(25)28-20(2,3)10-4-6-22-7-5-10/h9-16,22H,4-8H2,1-3H3/p+1. The Morgan fingerprint density at radius 3 is 2.57 bits per heavy atom. The number of carbonyl (C=O) groups excluding carboxylic acids is 3. The lowest BCUT2D eigenvalue weighted by Crippen LogP contribution is -2.86. The van der Waals surface area contributed by atoms with E-state index in [1.165, 1.54) is 0 Å². The molecule has 2 N–H and O–H groups in total. The molecule has 4 rings (SSSR count). The Balaban J connectivity index is 1.51. The Kier molecular flexibility index (Phi) is 5.39. The van der Waals surface area contributed by atoms with Crippen LogP contribution >= 0.6 is 22.6 Å². The minimum atomic E-state index is -0.576. The van der Waals surface area contributed by atoms with E-state index in [4.69, 9.17) is 14.2 Å². The molecule has 0 aromatic carbocycles. The molecule has 0 amide bonds. The van der Waals surface area contributed by atoms with Crippen LogP contribution in [0.2, 0.25) is 0 Å². The number of alkyl halides is 1. The third-order valence-electron chi connectivity index (χ3n) is 7.18. The molecule has 0 spiro atoms. The van der Waals surface area contributed by atoms with Crippen molar-refractivity contribution in [3.8, 4) is 0 Å². The highest BCUT2D eigenvalue weighted by Crippen LogP contribution is 2.59. The molecule has 2 bridgehead atoms. The van der Waals surface area contributed by atoms with Crippen LogP contribution < -0.4 is 5.32 Å². The first-order chi connectivity index (χ1) is 13.2. The maximum absolute atomic E-state index is 13.2. The summed E-state index contributed by atoms with van der Waals surface area (Å²) in [7, 11) is 0. The van der Waals surface area contributed by atoms with Crippen molar-refractivity contribution < 1.29 is 33.9 Å². The number of halogens is 1. The molecule has 2 aliphatic heterocycles. The summed E-state index contributed by atoms with van der Waals surface area (Å²) in [5.74, 6) is -1.97. The summed E-state index contributed by atoms with van der Waals surface area (Å²) in [6.45, 7) is 7.79. The van der Waals surface area contributed by atoms with Crippen molar-refractivity contribution in [2.75, 3.05) is 13.1 Å². The number of rotatable bonds is 5. The highest BCUT2D eigenvalue weighted by molar-refractivity contribution is 14.1. The summed E-state index contributed by atoms with van der Waals surface area (Å²) in [5.41, 5.74) is -0.571. The van der Waals surface area contributed by atoms with E-state index in [9.17, 15) is 14.4 Å². The van der Waals surface area contributed by atoms with Gasteiger partial charge >= 0.3 is 17.9 Å². The predicted octanol–water partition coefficient (Wildman–Crippen LogP) is 0.824. The molecule has 4 aliphatic rings. The smallest absolute Gasteiger partial charge is 0.319 e. The summed E-state index contributed by atoms with van der Waals surface area (Å²) >= 11 is 2.00. The van der Waals surface area contributed by atoms with Gasteiger partial charge in [-0.05, 0) is 27.2 Å². The zero-order valence-electron chi connectivity index (χ0n) is 16.6. The molecule has 2 aliphatic carbocycles. The number of nitrogens with two attached hydrogens (primary N) is 1. The summed E-state index contributed by atoms with van der Waals surface area (Å²) in [6.07, 6.45) is 1.75. The third kappa shape index (κ3) is 3.34. The van der Waals surface area contributed by atoms with E-state index in [1.54, 1.807) is 6.92 Å². The van der Waals surface area contributed by atoms with E-state index in [2.05, 4.69) is 5.32 Å². The zero-order chi connectivity index (χ0) is 20.2. The molecule has 7 atom stereocenters. The number of ether oxygens (including phenoxy) is 3. The fourth-order valence-electron chi connectivity index (χ4n) is 5.73. The van der Waals surface area contributed by atoms with Gasteiger partial charge in [0.15, 0.2) is 0 Å². The van der Waals surface area contributed by atoms with E-state index >= 15 is 0 Å². The molecule has 4 fully saturated rings. The second kappa shape index (κ2) is 7.41. The van der Waals surface area contributed by atoms with Crippen LogP contribution in [0.1, 0.15) is 40.0 Å². The first-order valence-corrected chi connectivity index (χ1v) is 11.5. The van der Waals surface area contributed by atoms with Crippen molar-refractivity contribution in [2.45, 2.75) is 61.8 Å². The summed E-state index contributed by atoms with van der Waals surface area (Å²) in [4.78, 5) is 37.8. The first-order valence-electron chi connectivity index (χ1n) is 10.3. The van der Waals surface area contributed by atoms with Gasteiger partial charge in [0.2, 0.25) is 0 Å². The largest absolute Gasteiger partial charge is 0.459 e. The normalized spacial score (nSPS) is 38.2. The molecular formula is C20H29INO6+. The molecule has 0 aromatic heterocycles. The number of carbonyl (C=O) groups is 3. The van der Waals surface area contributed by atoms with Crippen LogP contribution in [0.25, 0.3) is 0 Å². The lowest BCUT2D eigenvalue weighted by molar-refractivity contribution is -0.665. The van der Waals surface area contributed by atoms with E-state index in [1.807, 2.05) is 36.4 Å². The molecule has 8 heteroatoms. The van der Waals surface area contributed by atoms with Gasteiger partial charge in [0.05, 0.1) is 24.9 Å². The van der Waals surface area contributed by atoms with Crippen molar-refractivity contribution in [1.29, 1.82) is 0 Å². The Labute approximate surface area is 178 Å². The van der Waals surface area contributed by atoms with Crippen LogP contribution in [-0.4, -0.2) is 52.7 Å². The lowest BCUT2D eigenvalue weighted by Gasteiger charge is -2.38. The molecule has 7 nitrogen and oxygen atoms in total. The second-order valence-electron chi connectivity index (χ2n) is 9.20. The van der Waals surface area contributed by atoms with Gasteiger partial charge in [-0.1, -0.05) is 22.6 Å². The third-order valence-corrected chi connectivity index (χ3v) is 7.69. The fourth-order valence-corrected chi connectivity index (χ4v) is 5.88. The van der Waals surface area contributed by atoms with E-state index in [-0.39, 0.29) is 33.7 Å². The number of piperidine rings is 1. The van der Waals surface area contributed by atoms with Gasteiger partial charge in [0, 0.05) is 30.6 Å². The van der Waals surface area contributed by atoms with E-state index in [0.717, 1.165) is 25.9 Å². The van der Waals surface area contributed by atoms with Crippen LogP contribution in [0.15, 0.2) is 0 Å². The molecule has 0 aromatic rings. The maximum Gasteiger partial charge on any atom is 0.319 e. The van der Waals surface area contributed by atoms with Crippen molar-refractivity contribution >= 4 is 40.5 Å². The molecule has 2 heterocycles. The minimum Gasteiger partial charge on any atom is -0.459 e. The Morgan fingerprint density at radius 2 is 1.93 bits per heavy atom. The van der Waals surface area contributed by atoms with Crippen molar-refractivity contribution in [3.05, 3.63) is 0 Å². The van der Waals surface area contributed by atoms with E-state index in [0.29, 0.717) is 12.3 Å². The number of hydrogen-bond acceptors (Lipinski definition) is 6. The second-order valence-corrected chi connectivity index (χ2v) is 11.1. The van der Waals surface area contributed by atoms with Crippen molar-refractivity contribution in [1.82, 2.24) is 0 Å². The minimum absolute atomic E-state index is 0.0511. The quantitative estimate of drug-likeness (QED) is 0.257. The zero-order valence-corrected chi connectivity index (χ0v) is 18.7. The maximum atomic E-state index is 13.2. The van der Waals surface area contributed by atoms with Gasteiger partial charge in [0.25, 0.3) is 0 Å². The molecule has 7 unspecified atom stereocenters. The van der Waals surface area contributed by atoms with Gasteiger partial charge < -0.3 is 19.5 Å². The highest BCUT2D eigenvalue weighted by atomic mass is 127.